The van der Waals surface area contributed by atoms with E-state index in [0.29, 0.717) is 6.04 Å². The molecule has 0 aromatic heterocycles. The quantitative estimate of drug-likeness (QED) is 0.823. The van der Waals surface area contributed by atoms with E-state index in [1.165, 1.54) is 37.0 Å². The second-order valence-corrected chi connectivity index (χ2v) is 6.36. The molecule has 1 atom stereocenters. The van der Waals surface area contributed by atoms with Crippen molar-refractivity contribution in [2.24, 2.45) is 11.7 Å². The Morgan fingerprint density at radius 3 is 2.47 bits per heavy atom. The zero-order valence-electron chi connectivity index (χ0n) is 10.1. The van der Waals surface area contributed by atoms with Crippen LogP contribution in [0.15, 0.2) is 29.2 Å². The molecule has 0 heterocycles. The lowest BCUT2D eigenvalue weighted by atomic mass is 9.85. The molecule has 1 saturated carbocycles. The van der Waals surface area contributed by atoms with E-state index >= 15 is 0 Å². The Hall–Kier alpha value is -0.180. The van der Waals surface area contributed by atoms with E-state index in [4.69, 9.17) is 17.3 Å². The topological polar surface area (TPSA) is 26.0 Å². The van der Waals surface area contributed by atoms with Crippen molar-refractivity contribution in [2.45, 2.75) is 43.0 Å². The molecular formula is C14H20ClNS. The Kier molecular flexibility index (Phi) is 5.20. The van der Waals surface area contributed by atoms with Gasteiger partial charge in [-0.2, -0.15) is 0 Å². The number of nitrogens with two attached hydrogens (primary N) is 1. The van der Waals surface area contributed by atoms with Gasteiger partial charge >= 0.3 is 0 Å². The zero-order chi connectivity index (χ0) is 12.1. The predicted molar refractivity (Wildman–Crippen MR) is 76.7 cm³/mol. The van der Waals surface area contributed by atoms with Gasteiger partial charge in [0.25, 0.3) is 0 Å². The molecule has 1 nitrogen and oxygen atoms in total. The van der Waals surface area contributed by atoms with Crippen molar-refractivity contribution in [1.82, 2.24) is 0 Å². The molecule has 1 aromatic rings. The fraction of sp³-hybridized carbons (Fsp3) is 0.571. The van der Waals surface area contributed by atoms with E-state index in [1.54, 1.807) is 0 Å². The van der Waals surface area contributed by atoms with E-state index in [9.17, 15) is 0 Å². The number of hydrogen-bond acceptors (Lipinski definition) is 2. The van der Waals surface area contributed by atoms with Gasteiger partial charge in [0.15, 0.2) is 0 Å². The Balaban J connectivity index is 1.78. The van der Waals surface area contributed by atoms with Gasteiger partial charge in [-0.05, 0) is 43.0 Å². The molecule has 0 bridgehead atoms. The Bertz CT molecular complexity index is 333. The first kappa shape index (κ1) is 13.3. The summed E-state index contributed by atoms with van der Waals surface area (Å²) in [5.74, 6) is 1.76. The van der Waals surface area contributed by atoms with E-state index in [0.717, 1.165) is 16.7 Å². The Morgan fingerprint density at radius 2 is 1.82 bits per heavy atom. The van der Waals surface area contributed by atoms with Crippen molar-refractivity contribution in [1.29, 1.82) is 0 Å². The number of thioether (sulfide) groups is 1. The standard InChI is InChI=1S/C14H20ClNS/c15-12-6-8-13(9-7-12)17-10-14(16)11-4-2-1-3-5-11/h6-9,11,14H,1-5,10,16H2. The first-order valence-corrected chi connectivity index (χ1v) is 7.76. The fourth-order valence-corrected chi connectivity index (χ4v) is 3.53. The van der Waals surface area contributed by atoms with Crippen LogP contribution < -0.4 is 5.73 Å². The van der Waals surface area contributed by atoms with E-state index in [1.807, 2.05) is 23.9 Å². The summed E-state index contributed by atoms with van der Waals surface area (Å²) in [6.07, 6.45) is 6.77. The maximum Gasteiger partial charge on any atom is 0.0406 e. The molecule has 3 heteroatoms. The van der Waals surface area contributed by atoms with E-state index in [-0.39, 0.29) is 0 Å². The summed E-state index contributed by atoms with van der Waals surface area (Å²) < 4.78 is 0. The van der Waals surface area contributed by atoms with Crippen LogP contribution >= 0.6 is 23.4 Å². The molecule has 1 aliphatic carbocycles. The van der Waals surface area contributed by atoms with Crippen molar-refractivity contribution < 1.29 is 0 Å². The van der Waals surface area contributed by atoms with Crippen LogP contribution in [0.1, 0.15) is 32.1 Å². The largest absolute Gasteiger partial charge is 0.327 e. The highest BCUT2D eigenvalue weighted by Gasteiger charge is 2.20. The molecule has 1 unspecified atom stereocenters. The third kappa shape index (κ3) is 4.20. The first-order valence-electron chi connectivity index (χ1n) is 6.39. The highest BCUT2D eigenvalue weighted by Crippen LogP contribution is 2.29. The third-order valence-corrected chi connectivity index (χ3v) is 4.92. The lowest BCUT2D eigenvalue weighted by Crippen LogP contribution is -2.33. The molecule has 1 aromatic carbocycles. The summed E-state index contributed by atoms with van der Waals surface area (Å²) in [7, 11) is 0. The number of hydrogen-bond donors (Lipinski definition) is 1. The molecule has 94 valence electrons. The van der Waals surface area contributed by atoms with Gasteiger partial charge in [-0.1, -0.05) is 30.9 Å². The van der Waals surface area contributed by atoms with Crippen LogP contribution in [0.5, 0.6) is 0 Å². The Labute approximate surface area is 113 Å². The van der Waals surface area contributed by atoms with Crippen LogP contribution in [0.25, 0.3) is 0 Å². The van der Waals surface area contributed by atoms with Gasteiger partial charge in [0, 0.05) is 21.7 Å². The smallest absolute Gasteiger partial charge is 0.0406 e. The third-order valence-electron chi connectivity index (χ3n) is 3.51. The maximum absolute atomic E-state index is 6.28. The number of benzene rings is 1. The van der Waals surface area contributed by atoms with Gasteiger partial charge in [-0.15, -0.1) is 11.8 Å². The minimum absolute atomic E-state index is 0.343. The SMILES string of the molecule is NC(CSc1ccc(Cl)cc1)C1CCCCC1. The van der Waals surface area contributed by atoms with Gasteiger partial charge in [0.05, 0.1) is 0 Å². The average Bonchev–Trinajstić information content (AvgIpc) is 2.39. The highest BCUT2D eigenvalue weighted by atomic mass is 35.5. The second kappa shape index (κ2) is 6.67. The van der Waals surface area contributed by atoms with Crippen molar-refractivity contribution in [3.8, 4) is 0 Å². The van der Waals surface area contributed by atoms with Gasteiger partial charge in [0.1, 0.15) is 0 Å². The lowest BCUT2D eigenvalue weighted by Gasteiger charge is -2.27. The molecule has 0 saturated heterocycles. The molecule has 0 aliphatic heterocycles. The second-order valence-electron chi connectivity index (χ2n) is 4.83. The summed E-state index contributed by atoms with van der Waals surface area (Å²) in [6.45, 7) is 0. The Morgan fingerprint density at radius 1 is 1.18 bits per heavy atom. The number of rotatable bonds is 4. The van der Waals surface area contributed by atoms with Crippen LogP contribution in [0.2, 0.25) is 5.02 Å². The van der Waals surface area contributed by atoms with Crippen LogP contribution in [0.3, 0.4) is 0 Å². The summed E-state index contributed by atoms with van der Waals surface area (Å²) in [5.41, 5.74) is 6.28. The summed E-state index contributed by atoms with van der Waals surface area (Å²) in [5, 5.41) is 0.797. The predicted octanol–water partition coefficient (Wildman–Crippen LogP) is 4.34. The summed E-state index contributed by atoms with van der Waals surface area (Å²) in [6, 6.07) is 8.36. The van der Waals surface area contributed by atoms with Gasteiger partial charge < -0.3 is 5.73 Å². The summed E-state index contributed by atoms with van der Waals surface area (Å²) in [4.78, 5) is 1.26. The molecular weight excluding hydrogens is 250 g/mol. The lowest BCUT2D eigenvalue weighted by molar-refractivity contribution is 0.319. The van der Waals surface area contributed by atoms with Gasteiger partial charge in [-0.3, -0.25) is 0 Å². The summed E-state index contributed by atoms with van der Waals surface area (Å²) >= 11 is 7.71. The minimum atomic E-state index is 0.343. The minimum Gasteiger partial charge on any atom is -0.327 e. The monoisotopic (exact) mass is 269 g/mol. The zero-order valence-corrected chi connectivity index (χ0v) is 11.6. The van der Waals surface area contributed by atoms with Crippen molar-refractivity contribution in [3.05, 3.63) is 29.3 Å². The molecule has 17 heavy (non-hydrogen) atoms. The van der Waals surface area contributed by atoms with Crippen molar-refractivity contribution in [2.75, 3.05) is 5.75 Å². The van der Waals surface area contributed by atoms with Gasteiger partial charge in [-0.25, -0.2) is 0 Å². The molecule has 0 spiro atoms. The van der Waals surface area contributed by atoms with Crippen LogP contribution in [0, 0.1) is 5.92 Å². The molecule has 0 amide bonds. The van der Waals surface area contributed by atoms with E-state index in [2.05, 4.69) is 12.1 Å². The molecule has 2 rings (SSSR count). The number of halogens is 1. The fourth-order valence-electron chi connectivity index (χ4n) is 2.42. The normalized spacial score (nSPS) is 19.2. The van der Waals surface area contributed by atoms with E-state index < -0.39 is 0 Å². The van der Waals surface area contributed by atoms with Crippen molar-refractivity contribution >= 4 is 23.4 Å². The van der Waals surface area contributed by atoms with Gasteiger partial charge in [0.2, 0.25) is 0 Å². The average molecular weight is 270 g/mol. The first-order chi connectivity index (χ1) is 8.25. The molecule has 0 radical (unpaired) electrons. The molecule has 1 aliphatic rings. The molecule has 2 N–H and O–H groups in total. The van der Waals surface area contributed by atoms with Crippen LogP contribution in [0.4, 0.5) is 0 Å². The molecule has 1 fully saturated rings. The van der Waals surface area contributed by atoms with Crippen molar-refractivity contribution in [3.63, 3.8) is 0 Å². The maximum atomic E-state index is 6.28. The highest BCUT2D eigenvalue weighted by molar-refractivity contribution is 7.99. The van der Waals surface area contributed by atoms with Crippen LogP contribution in [-0.4, -0.2) is 11.8 Å². The van der Waals surface area contributed by atoms with Crippen LogP contribution in [-0.2, 0) is 0 Å².